The Balaban J connectivity index is 2.17. The summed E-state index contributed by atoms with van der Waals surface area (Å²) in [6, 6.07) is 2.62. The molecule has 2 unspecified atom stereocenters. The molecule has 1 aromatic heterocycles. The first kappa shape index (κ1) is 12.1. The van der Waals surface area contributed by atoms with Crippen molar-refractivity contribution in [3.05, 3.63) is 12.4 Å². The van der Waals surface area contributed by atoms with E-state index in [0.29, 0.717) is 6.04 Å². The molecule has 4 nitrogen and oxygen atoms in total. The highest BCUT2D eigenvalue weighted by atomic mass is 15.2. The first-order valence-corrected chi connectivity index (χ1v) is 6.55. The highest BCUT2D eigenvalue weighted by Crippen LogP contribution is 2.27. The molecule has 0 saturated carbocycles. The van der Waals surface area contributed by atoms with Crippen LogP contribution in [0.4, 0.5) is 11.6 Å². The molecule has 94 valence electrons. The maximum absolute atomic E-state index is 4.40. The predicted octanol–water partition coefficient (Wildman–Crippen LogP) is 2.53. The van der Waals surface area contributed by atoms with Gasteiger partial charge in [0.15, 0.2) is 0 Å². The van der Waals surface area contributed by atoms with E-state index in [1.807, 2.05) is 0 Å². The van der Waals surface area contributed by atoms with Crippen molar-refractivity contribution in [3.63, 3.8) is 0 Å². The van der Waals surface area contributed by atoms with Gasteiger partial charge in [-0.2, -0.15) is 0 Å². The van der Waals surface area contributed by atoms with E-state index in [0.717, 1.165) is 30.6 Å². The second-order valence-corrected chi connectivity index (χ2v) is 4.85. The second-order valence-electron chi connectivity index (χ2n) is 4.85. The Hall–Kier alpha value is -1.32. The summed E-state index contributed by atoms with van der Waals surface area (Å²) in [6.07, 6.45) is 4.23. The van der Waals surface area contributed by atoms with E-state index in [4.69, 9.17) is 0 Å². The molecule has 0 aromatic carbocycles. The lowest BCUT2D eigenvalue weighted by atomic mass is 9.92. The Morgan fingerprint density at radius 3 is 3.00 bits per heavy atom. The first-order chi connectivity index (χ1) is 8.22. The lowest BCUT2D eigenvalue weighted by Gasteiger charge is -2.38. The molecule has 1 aliphatic rings. The fourth-order valence-corrected chi connectivity index (χ4v) is 2.44. The predicted molar refractivity (Wildman–Crippen MR) is 71.4 cm³/mol. The molecular formula is C13H22N4. The van der Waals surface area contributed by atoms with Gasteiger partial charge in [0.05, 0.1) is 0 Å². The zero-order valence-corrected chi connectivity index (χ0v) is 11.0. The number of nitrogens with one attached hydrogen (secondary N) is 1. The Labute approximate surface area is 103 Å². The lowest BCUT2D eigenvalue weighted by molar-refractivity contribution is 0.361. The van der Waals surface area contributed by atoms with E-state index in [2.05, 4.69) is 47.0 Å². The number of nitrogens with zero attached hydrogens (tertiary/aromatic N) is 3. The number of piperidine rings is 1. The molecule has 0 aliphatic carbocycles. The molecule has 17 heavy (non-hydrogen) atoms. The summed E-state index contributed by atoms with van der Waals surface area (Å²) in [6.45, 7) is 8.69. The van der Waals surface area contributed by atoms with Gasteiger partial charge in [-0.3, -0.25) is 0 Å². The van der Waals surface area contributed by atoms with Gasteiger partial charge in [0.1, 0.15) is 18.0 Å². The van der Waals surface area contributed by atoms with Crippen molar-refractivity contribution in [1.29, 1.82) is 0 Å². The molecule has 0 spiro atoms. The molecule has 0 radical (unpaired) electrons. The van der Waals surface area contributed by atoms with Crippen LogP contribution < -0.4 is 10.2 Å². The van der Waals surface area contributed by atoms with Gasteiger partial charge in [0, 0.05) is 25.2 Å². The summed E-state index contributed by atoms with van der Waals surface area (Å²) in [5.74, 6) is 2.71. The molecule has 4 heteroatoms. The summed E-state index contributed by atoms with van der Waals surface area (Å²) in [4.78, 5) is 11.0. The van der Waals surface area contributed by atoms with E-state index in [-0.39, 0.29) is 0 Å². The SMILES string of the molecule is CCNc1cc(N2CCCC(C)C2C)ncn1. The molecule has 1 fully saturated rings. The van der Waals surface area contributed by atoms with Crippen LogP contribution in [0.2, 0.25) is 0 Å². The second kappa shape index (κ2) is 5.34. The van der Waals surface area contributed by atoms with Crippen molar-refractivity contribution >= 4 is 11.6 Å². The molecule has 0 amide bonds. The average molecular weight is 234 g/mol. The monoisotopic (exact) mass is 234 g/mol. The Morgan fingerprint density at radius 1 is 1.41 bits per heavy atom. The van der Waals surface area contributed by atoms with Gasteiger partial charge in [-0.1, -0.05) is 6.92 Å². The van der Waals surface area contributed by atoms with Crippen LogP contribution in [0.1, 0.15) is 33.6 Å². The van der Waals surface area contributed by atoms with E-state index in [1.54, 1.807) is 6.33 Å². The summed E-state index contributed by atoms with van der Waals surface area (Å²) in [5, 5.41) is 3.24. The van der Waals surface area contributed by atoms with Gasteiger partial charge in [-0.25, -0.2) is 9.97 Å². The van der Waals surface area contributed by atoms with Crippen LogP contribution in [-0.4, -0.2) is 29.1 Å². The number of hydrogen-bond donors (Lipinski definition) is 1. The standard InChI is InChI=1S/C13H22N4/c1-4-14-12-8-13(16-9-15-12)17-7-5-6-10(2)11(17)3/h8-11H,4-7H2,1-3H3,(H,14,15,16). The van der Waals surface area contributed by atoms with Gasteiger partial charge in [-0.15, -0.1) is 0 Å². The van der Waals surface area contributed by atoms with Gasteiger partial charge in [-0.05, 0) is 32.6 Å². The normalized spacial score (nSPS) is 24.8. The Bertz CT molecular complexity index is 366. The molecular weight excluding hydrogens is 212 g/mol. The van der Waals surface area contributed by atoms with Gasteiger partial charge >= 0.3 is 0 Å². The van der Waals surface area contributed by atoms with Crippen LogP contribution in [0.25, 0.3) is 0 Å². The van der Waals surface area contributed by atoms with Crippen LogP contribution >= 0.6 is 0 Å². The zero-order valence-electron chi connectivity index (χ0n) is 11.0. The third-order valence-corrected chi connectivity index (χ3v) is 3.68. The highest BCUT2D eigenvalue weighted by molar-refractivity contribution is 5.49. The maximum atomic E-state index is 4.40. The quantitative estimate of drug-likeness (QED) is 0.872. The summed E-state index contributed by atoms with van der Waals surface area (Å²) in [5.41, 5.74) is 0. The lowest BCUT2D eigenvalue weighted by Crippen LogP contribution is -2.42. The molecule has 1 N–H and O–H groups in total. The minimum Gasteiger partial charge on any atom is -0.370 e. The molecule has 2 heterocycles. The van der Waals surface area contributed by atoms with Gasteiger partial charge in [0.25, 0.3) is 0 Å². The van der Waals surface area contributed by atoms with Crippen LogP contribution in [0.5, 0.6) is 0 Å². The molecule has 2 atom stereocenters. The minimum atomic E-state index is 0.563. The number of rotatable bonds is 3. The third kappa shape index (κ3) is 2.68. The third-order valence-electron chi connectivity index (χ3n) is 3.68. The van der Waals surface area contributed by atoms with E-state index < -0.39 is 0 Å². The summed E-state index contributed by atoms with van der Waals surface area (Å²) < 4.78 is 0. The van der Waals surface area contributed by atoms with Crippen molar-refractivity contribution in [2.24, 2.45) is 5.92 Å². The first-order valence-electron chi connectivity index (χ1n) is 6.55. The van der Waals surface area contributed by atoms with Crippen molar-refractivity contribution < 1.29 is 0 Å². The van der Waals surface area contributed by atoms with Gasteiger partial charge < -0.3 is 10.2 Å². The van der Waals surface area contributed by atoms with Crippen LogP contribution in [0, 0.1) is 5.92 Å². The smallest absolute Gasteiger partial charge is 0.134 e. The largest absolute Gasteiger partial charge is 0.370 e. The number of hydrogen-bond acceptors (Lipinski definition) is 4. The van der Waals surface area contributed by atoms with Crippen molar-refractivity contribution in [2.45, 2.75) is 39.7 Å². The molecule has 0 bridgehead atoms. The minimum absolute atomic E-state index is 0.563. The Kier molecular flexibility index (Phi) is 3.82. The van der Waals surface area contributed by atoms with Crippen LogP contribution in [-0.2, 0) is 0 Å². The van der Waals surface area contributed by atoms with Crippen molar-refractivity contribution in [1.82, 2.24) is 9.97 Å². The van der Waals surface area contributed by atoms with E-state index >= 15 is 0 Å². The van der Waals surface area contributed by atoms with Crippen molar-refractivity contribution in [2.75, 3.05) is 23.3 Å². The summed E-state index contributed by atoms with van der Waals surface area (Å²) >= 11 is 0. The maximum Gasteiger partial charge on any atom is 0.134 e. The van der Waals surface area contributed by atoms with E-state index in [9.17, 15) is 0 Å². The Morgan fingerprint density at radius 2 is 2.24 bits per heavy atom. The van der Waals surface area contributed by atoms with Crippen LogP contribution in [0.3, 0.4) is 0 Å². The number of anilines is 2. The van der Waals surface area contributed by atoms with Gasteiger partial charge in [0.2, 0.25) is 0 Å². The average Bonchev–Trinajstić information content (AvgIpc) is 2.33. The van der Waals surface area contributed by atoms with Crippen LogP contribution in [0.15, 0.2) is 12.4 Å². The molecule has 2 rings (SSSR count). The molecule has 1 aliphatic heterocycles. The van der Waals surface area contributed by atoms with Crippen molar-refractivity contribution in [3.8, 4) is 0 Å². The molecule has 1 saturated heterocycles. The zero-order chi connectivity index (χ0) is 12.3. The fourth-order valence-electron chi connectivity index (χ4n) is 2.44. The highest BCUT2D eigenvalue weighted by Gasteiger charge is 2.25. The fraction of sp³-hybridized carbons (Fsp3) is 0.692. The topological polar surface area (TPSA) is 41.0 Å². The van der Waals surface area contributed by atoms with E-state index in [1.165, 1.54) is 12.8 Å². The molecule has 1 aromatic rings. The number of aromatic nitrogens is 2. The summed E-state index contributed by atoms with van der Waals surface area (Å²) in [7, 11) is 0.